The van der Waals surface area contributed by atoms with E-state index in [1.165, 1.54) is 0 Å². The molecule has 1 aromatic rings. The van der Waals surface area contributed by atoms with Crippen LogP contribution in [0.4, 0.5) is 5.69 Å². The molecule has 108 valence electrons. The van der Waals surface area contributed by atoms with Gasteiger partial charge in [0, 0.05) is 12.1 Å². The predicted molar refractivity (Wildman–Crippen MR) is 76.6 cm³/mol. The molecule has 0 aromatic heterocycles. The molecular formula is C15H20N2O3. The van der Waals surface area contributed by atoms with E-state index in [0.29, 0.717) is 18.0 Å². The summed E-state index contributed by atoms with van der Waals surface area (Å²) in [6.45, 7) is 2.92. The SMILES string of the molecule is CC1CCNC1C(=O)Nc1ccccc1CCC(=O)O. The number of amides is 1. The Hall–Kier alpha value is -1.88. The number of anilines is 1. The normalized spacial score (nSPS) is 21.6. The molecule has 2 unspecified atom stereocenters. The van der Waals surface area contributed by atoms with Crippen molar-refractivity contribution in [3.63, 3.8) is 0 Å². The standard InChI is InChI=1S/C15H20N2O3/c1-10-8-9-16-14(10)15(20)17-12-5-3-2-4-11(12)6-7-13(18)19/h2-5,10,14,16H,6-9H2,1H3,(H,17,20)(H,18,19). The van der Waals surface area contributed by atoms with Crippen LogP contribution in [0.2, 0.25) is 0 Å². The maximum Gasteiger partial charge on any atom is 0.303 e. The number of hydrogen-bond acceptors (Lipinski definition) is 3. The van der Waals surface area contributed by atoms with Crippen molar-refractivity contribution in [2.75, 3.05) is 11.9 Å². The van der Waals surface area contributed by atoms with Gasteiger partial charge in [0.2, 0.25) is 5.91 Å². The lowest BCUT2D eigenvalue weighted by atomic mass is 10.0. The second-order valence-corrected chi connectivity index (χ2v) is 5.24. The summed E-state index contributed by atoms with van der Waals surface area (Å²) in [5.41, 5.74) is 1.56. The highest BCUT2D eigenvalue weighted by atomic mass is 16.4. The molecule has 5 heteroatoms. The molecule has 0 radical (unpaired) electrons. The quantitative estimate of drug-likeness (QED) is 0.764. The Morgan fingerprint density at radius 2 is 2.15 bits per heavy atom. The van der Waals surface area contributed by atoms with Crippen molar-refractivity contribution in [2.45, 2.75) is 32.2 Å². The fourth-order valence-electron chi connectivity index (χ4n) is 2.50. The van der Waals surface area contributed by atoms with E-state index in [2.05, 4.69) is 17.6 Å². The number of aliphatic carboxylic acids is 1. The molecule has 3 N–H and O–H groups in total. The highest BCUT2D eigenvalue weighted by Gasteiger charge is 2.29. The topological polar surface area (TPSA) is 78.4 Å². The van der Waals surface area contributed by atoms with Crippen molar-refractivity contribution < 1.29 is 14.7 Å². The zero-order chi connectivity index (χ0) is 14.5. The minimum Gasteiger partial charge on any atom is -0.481 e. The first kappa shape index (κ1) is 14.5. The van der Waals surface area contributed by atoms with E-state index in [-0.39, 0.29) is 18.4 Å². The van der Waals surface area contributed by atoms with E-state index in [9.17, 15) is 9.59 Å². The van der Waals surface area contributed by atoms with Crippen LogP contribution in [-0.2, 0) is 16.0 Å². The molecule has 1 aromatic carbocycles. The molecule has 1 fully saturated rings. The molecule has 5 nitrogen and oxygen atoms in total. The number of carbonyl (C=O) groups is 2. The number of rotatable bonds is 5. The molecule has 1 aliphatic rings. The van der Waals surface area contributed by atoms with Gasteiger partial charge in [-0.1, -0.05) is 25.1 Å². The van der Waals surface area contributed by atoms with E-state index < -0.39 is 5.97 Å². The first-order valence-electron chi connectivity index (χ1n) is 6.92. The van der Waals surface area contributed by atoms with Crippen molar-refractivity contribution in [2.24, 2.45) is 5.92 Å². The Labute approximate surface area is 118 Å². The van der Waals surface area contributed by atoms with Crippen LogP contribution >= 0.6 is 0 Å². The van der Waals surface area contributed by atoms with Gasteiger partial charge in [0.1, 0.15) is 0 Å². The number of carboxylic acid groups (broad SMARTS) is 1. The Balaban J connectivity index is 2.04. The van der Waals surface area contributed by atoms with Gasteiger partial charge in [-0.3, -0.25) is 9.59 Å². The number of nitrogens with one attached hydrogen (secondary N) is 2. The summed E-state index contributed by atoms with van der Waals surface area (Å²) in [5, 5.41) is 14.9. The minimum atomic E-state index is -0.836. The van der Waals surface area contributed by atoms with Crippen molar-refractivity contribution in [1.82, 2.24) is 5.32 Å². The molecule has 0 aliphatic carbocycles. The second kappa shape index (κ2) is 6.52. The van der Waals surface area contributed by atoms with Crippen LogP contribution in [0.15, 0.2) is 24.3 Å². The lowest BCUT2D eigenvalue weighted by Crippen LogP contribution is -2.39. The van der Waals surface area contributed by atoms with E-state index in [1.54, 1.807) is 0 Å². The lowest BCUT2D eigenvalue weighted by molar-refractivity contribution is -0.137. The Morgan fingerprint density at radius 1 is 1.40 bits per heavy atom. The number of benzene rings is 1. The summed E-state index contributed by atoms with van der Waals surface area (Å²) >= 11 is 0. The van der Waals surface area contributed by atoms with E-state index in [4.69, 9.17) is 5.11 Å². The van der Waals surface area contributed by atoms with Gasteiger partial charge in [-0.25, -0.2) is 0 Å². The third-order valence-electron chi connectivity index (χ3n) is 3.70. The van der Waals surface area contributed by atoms with Crippen LogP contribution < -0.4 is 10.6 Å². The van der Waals surface area contributed by atoms with Gasteiger partial charge in [-0.05, 0) is 36.9 Å². The molecule has 2 rings (SSSR count). The third kappa shape index (κ3) is 3.57. The maximum atomic E-state index is 12.2. The van der Waals surface area contributed by atoms with Crippen molar-refractivity contribution >= 4 is 17.6 Å². The first-order valence-corrected chi connectivity index (χ1v) is 6.92. The highest BCUT2D eigenvalue weighted by molar-refractivity contribution is 5.96. The molecule has 2 atom stereocenters. The maximum absolute atomic E-state index is 12.2. The molecule has 20 heavy (non-hydrogen) atoms. The highest BCUT2D eigenvalue weighted by Crippen LogP contribution is 2.20. The minimum absolute atomic E-state index is 0.0437. The molecule has 1 saturated heterocycles. The summed E-state index contributed by atoms with van der Waals surface area (Å²) in [5.74, 6) is -0.559. The largest absolute Gasteiger partial charge is 0.481 e. The molecule has 1 heterocycles. The zero-order valence-electron chi connectivity index (χ0n) is 11.6. The van der Waals surface area contributed by atoms with Gasteiger partial charge in [-0.15, -0.1) is 0 Å². The van der Waals surface area contributed by atoms with E-state index in [0.717, 1.165) is 18.5 Å². The fourth-order valence-corrected chi connectivity index (χ4v) is 2.50. The van der Waals surface area contributed by atoms with Crippen LogP contribution in [0.3, 0.4) is 0 Å². The van der Waals surface area contributed by atoms with Gasteiger partial charge in [0.25, 0.3) is 0 Å². The average molecular weight is 276 g/mol. The lowest BCUT2D eigenvalue weighted by Gasteiger charge is -2.17. The molecule has 1 aliphatic heterocycles. The summed E-state index contributed by atoms with van der Waals surface area (Å²) < 4.78 is 0. The monoisotopic (exact) mass is 276 g/mol. The van der Waals surface area contributed by atoms with Gasteiger partial charge >= 0.3 is 5.97 Å². The zero-order valence-corrected chi connectivity index (χ0v) is 11.6. The molecule has 0 saturated carbocycles. The van der Waals surface area contributed by atoms with Crippen LogP contribution in [0.25, 0.3) is 0 Å². The smallest absolute Gasteiger partial charge is 0.303 e. The average Bonchev–Trinajstić information content (AvgIpc) is 2.84. The predicted octanol–water partition coefficient (Wildman–Crippen LogP) is 1.64. The number of aryl methyl sites for hydroxylation is 1. The number of carbonyl (C=O) groups excluding carboxylic acids is 1. The fraction of sp³-hybridized carbons (Fsp3) is 0.467. The summed E-state index contributed by atoms with van der Waals surface area (Å²) in [6.07, 6.45) is 1.48. The van der Waals surface area contributed by atoms with Gasteiger partial charge in [0.05, 0.1) is 6.04 Å². The molecule has 0 bridgehead atoms. The van der Waals surface area contributed by atoms with E-state index in [1.807, 2.05) is 24.3 Å². The van der Waals surface area contributed by atoms with Crippen LogP contribution in [0.1, 0.15) is 25.3 Å². The van der Waals surface area contributed by atoms with Gasteiger partial charge < -0.3 is 15.7 Å². The Morgan fingerprint density at radius 3 is 2.80 bits per heavy atom. The number of hydrogen-bond donors (Lipinski definition) is 3. The Bertz CT molecular complexity index is 502. The Kier molecular flexibility index (Phi) is 4.74. The van der Waals surface area contributed by atoms with Crippen molar-refractivity contribution in [3.05, 3.63) is 29.8 Å². The third-order valence-corrected chi connectivity index (χ3v) is 3.70. The number of carboxylic acids is 1. The molecular weight excluding hydrogens is 256 g/mol. The van der Waals surface area contributed by atoms with Gasteiger partial charge in [-0.2, -0.15) is 0 Å². The number of para-hydroxylation sites is 1. The molecule has 0 spiro atoms. The van der Waals surface area contributed by atoms with Gasteiger partial charge in [0.15, 0.2) is 0 Å². The summed E-state index contributed by atoms with van der Waals surface area (Å²) in [4.78, 5) is 22.9. The van der Waals surface area contributed by atoms with E-state index >= 15 is 0 Å². The van der Waals surface area contributed by atoms with Crippen LogP contribution in [0, 0.1) is 5.92 Å². The van der Waals surface area contributed by atoms with Crippen molar-refractivity contribution in [3.8, 4) is 0 Å². The second-order valence-electron chi connectivity index (χ2n) is 5.24. The molecule has 1 amide bonds. The van der Waals surface area contributed by atoms with Crippen LogP contribution in [0.5, 0.6) is 0 Å². The van der Waals surface area contributed by atoms with Crippen LogP contribution in [-0.4, -0.2) is 29.6 Å². The first-order chi connectivity index (χ1) is 9.58. The van der Waals surface area contributed by atoms with Crippen molar-refractivity contribution in [1.29, 1.82) is 0 Å². The summed E-state index contributed by atoms with van der Waals surface area (Å²) in [6, 6.07) is 7.19. The summed E-state index contributed by atoms with van der Waals surface area (Å²) in [7, 11) is 0.